The van der Waals surface area contributed by atoms with E-state index < -0.39 is 0 Å². The van der Waals surface area contributed by atoms with E-state index in [1.165, 1.54) is 0 Å². The summed E-state index contributed by atoms with van der Waals surface area (Å²) in [7, 11) is 0. The van der Waals surface area contributed by atoms with Gasteiger partial charge in [0.15, 0.2) is 0 Å². The largest absolute Gasteiger partial charge is 0.381 e. The number of aryl methyl sites for hydroxylation is 1. The number of aromatic nitrogens is 2. The minimum absolute atomic E-state index is 0.630. The summed E-state index contributed by atoms with van der Waals surface area (Å²) in [5.41, 5.74) is 3.71. The molecule has 0 unspecified atom stereocenters. The third-order valence-electron chi connectivity index (χ3n) is 2.44. The molecule has 0 fully saturated rings. The molecule has 2 N–H and O–H groups in total. The second-order valence-electron chi connectivity index (χ2n) is 3.71. The number of hydrogen-bond donors (Lipinski definition) is 2. The number of aromatic amines is 1. The highest BCUT2D eigenvalue weighted by molar-refractivity contribution is 9.10. The van der Waals surface area contributed by atoms with Crippen LogP contribution in [0.1, 0.15) is 16.8 Å². The predicted molar refractivity (Wildman–Crippen MR) is 69.5 cm³/mol. The molecule has 5 heteroatoms. The maximum atomic E-state index is 8.87. The summed E-state index contributed by atoms with van der Waals surface area (Å²) in [6, 6.07) is 7.67. The first kappa shape index (κ1) is 11.7. The number of nitrogens with zero attached hydrogens (tertiary/aromatic N) is 2. The molecular formula is C12H11BrN4. The Balaban J connectivity index is 2.12. The van der Waals surface area contributed by atoms with Crippen molar-refractivity contribution in [3.63, 3.8) is 0 Å². The number of hydrogen-bond acceptors (Lipinski definition) is 3. The molecule has 1 heterocycles. The van der Waals surface area contributed by atoms with Crippen molar-refractivity contribution in [2.45, 2.75) is 13.5 Å². The Morgan fingerprint density at radius 1 is 1.47 bits per heavy atom. The van der Waals surface area contributed by atoms with Gasteiger partial charge in [-0.15, -0.1) is 0 Å². The van der Waals surface area contributed by atoms with Crippen LogP contribution in [-0.2, 0) is 6.54 Å². The van der Waals surface area contributed by atoms with Crippen LogP contribution < -0.4 is 5.32 Å². The van der Waals surface area contributed by atoms with Crippen LogP contribution in [0.5, 0.6) is 0 Å². The Morgan fingerprint density at radius 3 is 2.94 bits per heavy atom. The molecule has 0 aliphatic heterocycles. The Bertz CT molecular complexity index is 568. The lowest BCUT2D eigenvalue weighted by Crippen LogP contribution is -2.00. The fourth-order valence-corrected chi connectivity index (χ4v) is 2.00. The molecule has 0 atom stereocenters. The molecule has 0 radical (unpaired) electrons. The van der Waals surface area contributed by atoms with Gasteiger partial charge in [0.2, 0.25) is 0 Å². The molecule has 2 aromatic rings. The maximum Gasteiger partial charge on any atom is 0.0992 e. The Labute approximate surface area is 108 Å². The summed E-state index contributed by atoms with van der Waals surface area (Å²) in [6.45, 7) is 2.66. The summed E-state index contributed by atoms with van der Waals surface area (Å²) < 4.78 is 0.892. The summed E-state index contributed by atoms with van der Waals surface area (Å²) >= 11 is 3.38. The van der Waals surface area contributed by atoms with Gasteiger partial charge >= 0.3 is 0 Å². The first-order valence-electron chi connectivity index (χ1n) is 5.12. The van der Waals surface area contributed by atoms with E-state index in [1.807, 2.05) is 19.1 Å². The van der Waals surface area contributed by atoms with Crippen LogP contribution in [0.25, 0.3) is 0 Å². The summed E-state index contributed by atoms with van der Waals surface area (Å²) in [6.07, 6.45) is 1.80. The van der Waals surface area contributed by atoms with Crippen LogP contribution in [0.2, 0.25) is 0 Å². The zero-order valence-corrected chi connectivity index (χ0v) is 10.9. The lowest BCUT2D eigenvalue weighted by atomic mass is 10.2. The molecule has 1 aromatic heterocycles. The van der Waals surface area contributed by atoms with Gasteiger partial charge in [0.05, 0.1) is 17.8 Å². The lowest BCUT2D eigenvalue weighted by Gasteiger charge is -2.06. The number of nitriles is 1. The lowest BCUT2D eigenvalue weighted by molar-refractivity contribution is 1.04. The summed E-state index contributed by atoms with van der Waals surface area (Å²) in [5, 5.41) is 19.0. The second kappa shape index (κ2) is 5.02. The standard InChI is InChI=1S/C12H11BrN4/c1-8-10(7-16-17-8)6-15-12-3-9(5-14)2-11(13)4-12/h2-4,7,15H,6H2,1H3,(H,16,17). The van der Waals surface area contributed by atoms with Crippen molar-refractivity contribution in [2.75, 3.05) is 5.32 Å². The number of halogens is 1. The van der Waals surface area contributed by atoms with Crippen molar-refractivity contribution < 1.29 is 0 Å². The van der Waals surface area contributed by atoms with E-state index in [1.54, 1.807) is 12.3 Å². The van der Waals surface area contributed by atoms with Crippen LogP contribution in [0.3, 0.4) is 0 Å². The number of anilines is 1. The third-order valence-corrected chi connectivity index (χ3v) is 2.90. The summed E-state index contributed by atoms with van der Waals surface area (Å²) in [4.78, 5) is 0. The first-order valence-corrected chi connectivity index (χ1v) is 5.92. The molecule has 0 aliphatic carbocycles. The van der Waals surface area contributed by atoms with Gasteiger partial charge in [-0.25, -0.2) is 0 Å². The van der Waals surface area contributed by atoms with E-state index in [0.29, 0.717) is 12.1 Å². The number of nitrogens with one attached hydrogen (secondary N) is 2. The zero-order chi connectivity index (χ0) is 12.3. The smallest absolute Gasteiger partial charge is 0.0992 e. The van der Waals surface area contributed by atoms with Gasteiger partial charge in [-0.3, -0.25) is 5.10 Å². The maximum absolute atomic E-state index is 8.87. The quantitative estimate of drug-likeness (QED) is 0.913. The Kier molecular flexibility index (Phi) is 3.45. The van der Waals surface area contributed by atoms with Crippen molar-refractivity contribution in [1.29, 1.82) is 5.26 Å². The topological polar surface area (TPSA) is 64.5 Å². The predicted octanol–water partition coefficient (Wildman–Crippen LogP) is 2.96. The molecule has 0 saturated heterocycles. The summed E-state index contributed by atoms with van der Waals surface area (Å²) in [5.74, 6) is 0. The van der Waals surface area contributed by atoms with Crippen LogP contribution in [0.15, 0.2) is 28.9 Å². The number of rotatable bonds is 3. The Morgan fingerprint density at radius 2 is 2.29 bits per heavy atom. The van der Waals surface area contributed by atoms with E-state index in [4.69, 9.17) is 5.26 Å². The molecular weight excluding hydrogens is 280 g/mol. The van der Waals surface area contributed by atoms with E-state index in [-0.39, 0.29) is 0 Å². The van der Waals surface area contributed by atoms with Crippen LogP contribution in [0.4, 0.5) is 5.69 Å². The van der Waals surface area contributed by atoms with Crippen LogP contribution in [0, 0.1) is 18.3 Å². The normalized spacial score (nSPS) is 9.94. The van der Waals surface area contributed by atoms with E-state index in [9.17, 15) is 0 Å². The highest BCUT2D eigenvalue weighted by Gasteiger charge is 2.02. The zero-order valence-electron chi connectivity index (χ0n) is 9.29. The van der Waals surface area contributed by atoms with Gasteiger partial charge in [-0.1, -0.05) is 15.9 Å². The van der Waals surface area contributed by atoms with Crippen LogP contribution in [-0.4, -0.2) is 10.2 Å². The van der Waals surface area contributed by atoms with Crippen molar-refractivity contribution in [3.05, 3.63) is 45.7 Å². The molecule has 0 saturated carbocycles. The van der Waals surface area contributed by atoms with Crippen molar-refractivity contribution in [1.82, 2.24) is 10.2 Å². The fraction of sp³-hybridized carbons (Fsp3) is 0.167. The monoisotopic (exact) mass is 290 g/mol. The molecule has 4 nitrogen and oxygen atoms in total. The highest BCUT2D eigenvalue weighted by Crippen LogP contribution is 2.20. The molecule has 0 bridgehead atoms. The van der Waals surface area contributed by atoms with E-state index in [2.05, 4.69) is 37.5 Å². The number of benzene rings is 1. The van der Waals surface area contributed by atoms with Crippen molar-refractivity contribution in [2.24, 2.45) is 0 Å². The van der Waals surface area contributed by atoms with Gasteiger partial charge in [0.1, 0.15) is 0 Å². The van der Waals surface area contributed by atoms with E-state index in [0.717, 1.165) is 21.4 Å². The van der Waals surface area contributed by atoms with Crippen molar-refractivity contribution in [3.8, 4) is 6.07 Å². The minimum atomic E-state index is 0.630. The fourth-order valence-electron chi connectivity index (χ4n) is 1.51. The Hall–Kier alpha value is -1.80. The molecule has 0 aliphatic rings. The SMILES string of the molecule is Cc1[nH]ncc1CNc1cc(Br)cc(C#N)c1. The second-order valence-corrected chi connectivity index (χ2v) is 4.63. The molecule has 17 heavy (non-hydrogen) atoms. The number of H-pyrrole nitrogens is 1. The van der Waals surface area contributed by atoms with E-state index >= 15 is 0 Å². The highest BCUT2D eigenvalue weighted by atomic mass is 79.9. The molecule has 0 amide bonds. The van der Waals surface area contributed by atoms with Gasteiger partial charge in [0.25, 0.3) is 0 Å². The van der Waals surface area contributed by atoms with Crippen LogP contribution >= 0.6 is 15.9 Å². The molecule has 0 spiro atoms. The van der Waals surface area contributed by atoms with Gasteiger partial charge in [-0.2, -0.15) is 10.4 Å². The molecule has 86 valence electrons. The van der Waals surface area contributed by atoms with Crippen molar-refractivity contribution >= 4 is 21.6 Å². The third kappa shape index (κ3) is 2.86. The molecule has 2 rings (SSSR count). The van der Waals surface area contributed by atoms with Gasteiger partial charge < -0.3 is 5.32 Å². The van der Waals surface area contributed by atoms with Gasteiger partial charge in [-0.05, 0) is 25.1 Å². The average Bonchev–Trinajstić information content (AvgIpc) is 2.71. The van der Waals surface area contributed by atoms with Gasteiger partial charge in [0, 0.05) is 28.0 Å². The molecule has 1 aromatic carbocycles. The minimum Gasteiger partial charge on any atom is -0.381 e. The average molecular weight is 291 g/mol. The first-order chi connectivity index (χ1) is 8.19.